The van der Waals surface area contributed by atoms with E-state index in [0.717, 1.165) is 34.9 Å². The average Bonchev–Trinajstić information content (AvgIpc) is 2.81. The number of carbonyl (C=O) groups is 1. The highest BCUT2D eigenvalue weighted by Crippen LogP contribution is 2.41. The molecule has 1 aliphatic heterocycles. The summed E-state index contributed by atoms with van der Waals surface area (Å²) in [7, 11) is 1.27. The summed E-state index contributed by atoms with van der Waals surface area (Å²) in [6.07, 6.45) is 2.12. The molecule has 2 rings (SSSR count). The highest BCUT2D eigenvalue weighted by Gasteiger charge is 2.33. The van der Waals surface area contributed by atoms with E-state index >= 15 is 0 Å². The number of benzene rings is 1. The van der Waals surface area contributed by atoms with Gasteiger partial charge in [-0.25, -0.2) is 13.3 Å². The van der Waals surface area contributed by atoms with E-state index in [2.05, 4.69) is 6.92 Å². The van der Waals surface area contributed by atoms with Crippen LogP contribution in [0.2, 0.25) is 0 Å². The molecule has 7 heteroatoms. The summed E-state index contributed by atoms with van der Waals surface area (Å²) in [4.78, 5) is 12.2. The van der Waals surface area contributed by atoms with E-state index in [0.29, 0.717) is 11.5 Å². The highest BCUT2D eigenvalue weighted by atomic mass is 33.1. The van der Waals surface area contributed by atoms with Crippen LogP contribution in [0.25, 0.3) is 0 Å². The Kier molecular flexibility index (Phi) is 5.97. The second-order valence-electron chi connectivity index (χ2n) is 6.04. The van der Waals surface area contributed by atoms with Crippen molar-refractivity contribution < 1.29 is 18.5 Å². The molecule has 5 nitrogen and oxygen atoms in total. The first-order chi connectivity index (χ1) is 10.8. The van der Waals surface area contributed by atoms with Crippen LogP contribution in [0, 0.1) is 0 Å². The van der Waals surface area contributed by atoms with E-state index in [1.165, 1.54) is 17.8 Å². The Morgan fingerprint density at radius 3 is 2.91 bits per heavy atom. The zero-order valence-corrected chi connectivity index (χ0v) is 15.6. The number of rotatable bonds is 6. The highest BCUT2D eigenvalue weighted by molar-refractivity contribution is 8.68. The number of nitrogens with zero attached hydrogens (tertiary/aromatic N) is 1. The maximum atomic E-state index is 12.2. The molecular weight excluding hydrogens is 334 g/mol. The predicted octanol–water partition coefficient (Wildman–Crippen LogP) is 3.94. The number of hydrogen-bond donors (Lipinski definition) is 0. The minimum Gasteiger partial charge on any atom is -0.483 e. The van der Waals surface area contributed by atoms with E-state index in [-0.39, 0.29) is 5.60 Å². The van der Waals surface area contributed by atoms with Crippen molar-refractivity contribution in [2.24, 2.45) is 0 Å². The van der Waals surface area contributed by atoms with Crippen LogP contribution in [0.5, 0.6) is 11.5 Å². The first-order valence-corrected chi connectivity index (χ1v) is 10.3. The SMILES string of the molecule is CCCCSS(=O)N(C)C(=O)Oc1cccc2c1OC(C)(C)C2. The normalized spacial score (nSPS) is 16.3. The second kappa shape index (κ2) is 7.57. The van der Waals surface area contributed by atoms with Gasteiger partial charge in [0.05, 0.1) is 0 Å². The van der Waals surface area contributed by atoms with Crippen molar-refractivity contribution >= 4 is 26.9 Å². The van der Waals surface area contributed by atoms with Gasteiger partial charge in [0.1, 0.15) is 5.60 Å². The van der Waals surface area contributed by atoms with Crippen molar-refractivity contribution in [3.63, 3.8) is 0 Å². The van der Waals surface area contributed by atoms with Crippen molar-refractivity contribution in [3.05, 3.63) is 23.8 Å². The molecule has 0 spiro atoms. The molecule has 1 unspecified atom stereocenters. The fraction of sp³-hybridized carbons (Fsp3) is 0.562. The Balaban J connectivity index is 2.02. The maximum Gasteiger partial charge on any atom is 0.427 e. The van der Waals surface area contributed by atoms with Crippen LogP contribution in [-0.4, -0.2) is 33.0 Å². The molecule has 0 fully saturated rings. The van der Waals surface area contributed by atoms with Crippen molar-refractivity contribution in [1.29, 1.82) is 0 Å². The van der Waals surface area contributed by atoms with Crippen molar-refractivity contribution in [2.45, 2.75) is 45.6 Å². The average molecular weight is 357 g/mol. The Morgan fingerprint density at radius 2 is 2.22 bits per heavy atom. The van der Waals surface area contributed by atoms with E-state index in [9.17, 15) is 9.00 Å². The van der Waals surface area contributed by atoms with Gasteiger partial charge in [-0.1, -0.05) is 25.5 Å². The van der Waals surface area contributed by atoms with Gasteiger partial charge in [-0.3, -0.25) is 0 Å². The molecule has 1 aromatic carbocycles. The third-order valence-electron chi connectivity index (χ3n) is 3.42. The van der Waals surface area contributed by atoms with E-state index in [1.807, 2.05) is 26.0 Å². The van der Waals surface area contributed by atoms with Crippen LogP contribution < -0.4 is 9.47 Å². The molecule has 1 aromatic rings. The van der Waals surface area contributed by atoms with Gasteiger partial charge in [0, 0.05) is 24.8 Å². The molecule has 0 aliphatic carbocycles. The summed E-state index contributed by atoms with van der Waals surface area (Å²) in [6.45, 7) is 6.05. The van der Waals surface area contributed by atoms with Crippen LogP contribution in [0.3, 0.4) is 0 Å². The molecule has 1 heterocycles. The number of amides is 1. The largest absolute Gasteiger partial charge is 0.483 e. The van der Waals surface area contributed by atoms with Crippen molar-refractivity contribution in [1.82, 2.24) is 4.31 Å². The third kappa shape index (κ3) is 4.64. The number of fused-ring (bicyclic) bond motifs is 1. The Morgan fingerprint density at radius 1 is 1.48 bits per heavy atom. The summed E-state index contributed by atoms with van der Waals surface area (Å²) >= 11 is 0. The lowest BCUT2D eigenvalue weighted by Crippen LogP contribution is -2.30. The smallest absolute Gasteiger partial charge is 0.427 e. The van der Waals surface area contributed by atoms with Gasteiger partial charge in [0.25, 0.3) is 0 Å². The summed E-state index contributed by atoms with van der Waals surface area (Å²) in [5, 5.41) is 0. The van der Waals surface area contributed by atoms with E-state index < -0.39 is 16.1 Å². The third-order valence-corrected chi connectivity index (χ3v) is 6.44. The molecule has 23 heavy (non-hydrogen) atoms. The molecule has 128 valence electrons. The Hall–Kier alpha value is -1.21. The predicted molar refractivity (Wildman–Crippen MR) is 94.1 cm³/mol. The standard InChI is InChI=1S/C16H23NO4S2/c1-5-6-10-22-23(19)17(4)15(18)20-13-9-7-8-12-11-16(2,3)21-14(12)13/h7-9H,5-6,10-11H2,1-4H3. The molecule has 0 bridgehead atoms. The Labute approximate surface area is 143 Å². The lowest BCUT2D eigenvalue weighted by atomic mass is 10.0. The molecule has 0 saturated heterocycles. The van der Waals surface area contributed by atoms with Gasteiger partial charge < -0.3 is 9.47 Å². The van der Waals surface area contributed by atoms with Crippen LogP contribution >= 0.6 is 10.8 Å². The quantitative estimate of drug-likeness (QED) is 0.570. The van der Waals surface area contributed by atoms with Crippen LogP contribution in [-0.2, 0) is 16.4 Å². The molecular formula is C16H23NO4S2. The minimum absolute atomic E-state index is 0.310. The number of unbranched alkanes of at least 4 members (excludes halogenated alkanes) is 1. The fourth-order valence-electron chi connectivity index (χ4n) is 2.24. The minimum atomic E-state index is -1.45. The zero-order valence-electron chi connectivity index (χ0n) is 14.0. The summed E-state index contributed by atoms with van der Waals surface area (Å²) in [6, 6.07) is 5.49. The number of para-hydroxylation sites is 1. The summed E-state index contributed by atoms with van der Waals surface area (Å²) in [5.41, 5.74) is 0.705. The van der Waals surface area contributed by atoms with E-state index in [4.69, 9.17) is 9.47 Å². The van der Waals surface area contributed by atoms with Gasteiger partial charge >= 0.3 is 6.09 Å². The number of hydrogen-bond acceptors (Lipinski definition) is 5. The Bertz CT molecular complexity index is 604. The molecule has 0 aromatic heterocycles. The maximum absolute atomic E-state index is 12.2. The van der Waals surface area contributed by atoms with Crippen LogP contribution in [0.4, 0.5) is 4.79 Å². The van der Waals surface area contributed by atoms with Gasteiger partial charge in [-0.05, 0) is 37.1 Å². The second-order valence-corrected chi connectivity index (χ2v) is 9.23. The molecule has 0 N–H and O–H groups in total. The van der Waals surface area contributed by atoms with Gasteiger partial charge in [0.2, 0.25) is 0 Å². The van der Waals surface area contributed by atoms with Crippen LogP contribution in [0.1, 0.15) is 39.2 Å². The molecule has 0 radical (unpaired) electrons. The fourth-order valence-corrected chi connectivity index (χ4v) is 4.54. The van der Waals surface area contributed by atoms with Crippen molar-refractivity contribution in [3.8, 4) is 11.5 Å². The molecule has 0 saturated carbocycles. The number of ether oxygens (including phenoxy) is 2. The van der Waals surface area contributed by atoms with E-state index in [1.54, 1.807) is 6.07 Å². The number of carbonyl (C=O) groups excluding carboxylic acids is 1. The monoisotopic (exact) mass is 357 g/mol. The first-order valence-electron chi connectivity index (χ1n) is 7.65. The van der Waals surface area contributed by atoms with Gasteiger partial charge in [-0.2, -0.15) is 0 Å². The van der Waals surface area contributed by atoms with Crippen LogP contribution in [0.15, 0.2) is 18.2 Å². The molecule has 1 aliphatic rings. The van der Waals surface area contributed by atoms with Gasteiger partial charge in [-0.15, -0.1) is 0 Å². The lowest BCUT2D eigenvalue weighted by molar-refractivity contribution is 0.131. The lowest BCUT2D eigenvalue weighted by Gasteiger charge is -2.19. The topological polar surface area (TPSA) is 55.8 Å². The van der Waals surface area contributed by atoms with Gasteiger partial charge in [0.15, 0.2) is 21.5 Å². The zero-order chi connectivity index (χ0) is 17.0. The summed E-state index contributed by atoms with van der Waals surface area (Å²) < 4.78 is 24.4. The first kappa shape index (κ1) is 18.1. The summed E-state index contributed by atoms with van der Waals surface area (Å²) in [5.74, 6) is 1.72. The molecule has 1 atom stereocenters. The van der Waals surface area contributed by atoms with Crippen molar-refractivity contribution in [2.75, 3.05) is 12.8 Å². The molecule has 1 amide bonds.